The normalized spacial score (nSPS) is 20.1. The molecule has 1 aliphatic rings. The number of carbonyl (C=O) groups is 1. The molecule has 0 aromatic rings. The molecule has 5 nitrogen and oxygen atoms in total. The highest BCUT2D eigenvalue weighted by atomic mass is 16.5. The van der Waals surface area contributed by atoms with E-state index in [9.17, 15) is 9.90 Å². The predicted octanol–water partition coefficient (Wildman–Crippen LogP) is 0.493. The first-order valence-electron chi connectivity index (χ1n) is 6.96. The summed E-state index contributed by atoms with van der Waals surface area (Å²) in [5.74, 6) is 0.0563. The van der Waals surface area contributed by atoms with Crippen molar-refractivity contribution >= 4 is 5.91 Å². The minimum atomic E-state index is -0.386. The second-order valence-corrected chi connectivity index (χ2v) is 5.07. The number of aliphatic hydroxyl groups excluding tert-OH is 1. The Hall–Kier alpha value is -0.910. The average Bonchev–Trinajstić information content (AvgIpc) is 2.38. The number of ether oxygens (including phenoxy) is 1. The highest BCUT2D eigenvalue weighted by molar-refractivity contribution is 5.80. The van der Waals surface area contributed by atoms with Gasteiger partial charge < -0.3 is 14.7 Å². The molecule has 0 saturated carbocycles. The monoisotopic (exact) mass is 270 g/mol. The van der Waals surface area contributed by atoms with Crippen LogP contribution < -0.4 is 0 Å². The summed E-state index contributed by atoms with van der Waals surface area (Å²) in [7, 11) is 0. The van der Waals surface area contributed by atoms with E-state index in [-0.39, 0.29) is 18.1 Å². The van der Waals surface area contributed by atoms with Crippen LogP contribution in [0.15, 0.2) is 12.7 Å². The Morgan fingerprint density at radius 2 is 2.00 bits per heavy atom. The Balaban J connectivity index is 2.29. The summed E-state index contributed by atoms with van der Waals surface area (Å²) in [4.78, 5) is 16.2. The van der Waals surface area contributed by atoms with Crippen molar-refractivity contribution in [3.05, 3.63) is 12.7 Å². The van der Waals surface area contributed by atoms with Crippen LogP contribution in [0.2, 0.25) is 0 Å². The number of piperazine rings is 1. The zero-order chi connectivity index (χ0) is 14.3. The summed E-state index contributed by atoms with van der Waals surface area (Å²) in [6.45, 7) is 11.5. The van der Waals surface area contributed by atoms with Gasteiger partial charge in [0.1, 0.15) is 6.10 Å². The second-order valence-electron chi connectivity index (χ2n) is 5.07. The van der Waals surface area contributed by atoms with E-state index in [1.165, 1.54) is 0 Å². The molecule has 0 aliphatic carbocycles. The quantitative estimate of drug-likeness (QED) is 0.540. The standard InChI is InChI=1S/C14H26N2O3/c1-4-5-10-19-13(3)14(18)16-8-6-15(7-9-16)11-12(2)17/h4,12-13,17H,1,5-11H2,2-3H3/t12-,13-/m0/s1. The Morgan fingerprint density at radius 1 is 1.37 bits per heavy atom. The maximum atomic E-state index is 12.1. The molecule has 0 unspecified atom stereocenters. The molecule has 1 fully saturated rings. The Labute approximate surface area is 115 Å². The van der Waals surface area contributed by atoms with Gasteiger partial charge in [0.25, 0.3) is 5.91 Å². The molecule has 110 valence electrons. The van der Waals surface area contributed by atoms with Crippen molar-refractivity contribution in [2.45, 2.75) is 32.5 Å². The molecule has 1 N–H and O–H groups in total. The van der Waals surface area contributed by atoms with Crippen LogP contribution in [0, 0.1) is 0 Å². The van der Waals surface area contributed by atoms with Crippen LogP contribution in [0.25, 0.3) is 0 Å². The molecule has 1 saturated heterocycles. The Morgan fingerprint density at radius 3 is 2.53 bits per heavy atom. The largest absolute Gasteiger partial charge is 0.392 e. The molecule has 1 amide bonds. The fraction of sp³-hybridized carbons (Fsp3) is 0.786. The van der Waals surface area contributed by atoms with Gasteiger partial charge in [-0.25, -0.2) is 0 Å². The van der Waals surface area contributed by atoms with Gasteiger partial charge in [0.15, 0.2) is 0 Å². The van der Waals surface area contributed by atoms with Gasteiger partial charge >= 0.3 is 0 Å². The molecule has 0 aromatic carbocycles. The van der Waals surface area contributed by atoms with Crippen LogP contribution in [0.4, 0.5) is 0 Å². The predicted molar refractivity (Wildman–Crippen MR) is 74.9 cm³/mol. The van der Waals surface area contributed by atoms with Crippen molar-refractivity contribution in [3.63, 3.8) is 0 Å². The topological polar surface area (TPSA) is 53.0 Å². The van der Waals surface area contributed by atoms with Crippen LogP contribution in [0.3, 0.4) is 0 Å². The van der Waals surface area contributed by atoms with Gasteiger partial charge in [-0.2, -0.15) is 0 Å². The van der Waals surface area contributed by atoms with Crippen molar-refractivity contribution in [2.75, 3.05) is 39.3 Å². The molecule has 1 heterocycles. The van der Waals surface area contributed by atoms with Gasteiger partial charge in [-0.1, -0.05) is 6.08 Å². The molecule has 1 rings (SSSR count). The maximum absolute atomic E-state index is 12.1. The van der Waals surface area contributed by atoms with E-state index < -0.39 is 0 Å². The number of aliphatic hydroxyl groups is 1. The fourth-order valence-electron chi connectivity index (χ4n) is 2.18. The van der Waals surface area contributed by atoms with Gasteiger partial charge in [-0.05, 0) is 20.3 Å². The summed E-state index contributed by atoms with van der Waals surface area (Å²) in [6, 6.07) is 0. The minimum Gasteiger partial charge on any atom is -0.392 e. The SMILES string of the molecule is C=CCCO[C@@H](C)C(=O)N1CCN(C[C@H](C)O)CC1. The summed E-state index contributed by atoms with van der Waals surface area (Å²) in [5.41, 5.74) is 0. The lowest BCUT2D eigenvalue weighted by Crippen LogP contribution is -2.52. The molecule has 0 radical (unpaired) electrons. The lowest BCUT2D eigenvalue weighted by Gasteiger charge is -2.36. The van der Waals surface area contributed by atoms with Gasteiger partial charge in [0, 0.05) is 32.7 Å². The van der Waals surface area contributed by atoms with Crippen LogP contribution in [0.5, 0.6) is 0 Å². The molecule has 1 aliphatic heterocycles. The molecule has 5 heteroatoms. The number of amides is 1. The summed E-state index contributed by atoms with van der Waals surface area (Å²) in [5, 5.41) is 9.34. The Kier molecular flexibility index (Phi) is 7.05. The Bertz CT molecular complexity index is 286. The smallest absolute Gasteiger partial charge is 0.251 e. The van der Waals surface area contributed by atoms with E-state index in [1.807, 2.05) is 4.90 Å². The van der Waals surface area contributed by atoms with Crippen LogP contribution in [-0.4, -0.2) is 72.4 Å². The molecular weight excluding hydrogens is 244 g/mol. The summed E-state index contributed by atoms with van der Waals surface area (Å²) >= 11 is 0. The maximum Gasteiger partial charge on any atom is 0.251 e. The minimum absolute atomic E-state index is 0.0563. The molecule has 0 bridgehead atoms. The number of hydrogen-bond donors (Lipinski definition) is 1. The highest BCUT2D eigenvalue weighted by Gasteiger charge is 2.25. The third-order valence-electron chi connectivity index (χ3n) is 3.24. The van der Waals surface area contributed by atoms with E-state index in [2.05, 4.69) is 11.5 Å². The van der Waals surface area contributed by atoms with Crippen LogP contribution in [0.1, 0.15) is 20.3 Å². The fourth-order valence-corrected chi connectivity index (χ4v) is 2.18. The first-order valence-corrected chi connectivity index (χ1v) is 6.96. The number of nitrogens with zero attached hydrogens (tertiary/aromatic N) is 2. The lowest BCUT2D eigenvalue weighted by atomic mass is 10.2. The number of carbonyl (C=O) groups excluding carboxylic acids is 1. The van der Waals surface area contributed by atoms with Gasteiger partial charge in [-0.3, -0.25) is 9.69 Å². The van der Waals surface area contributed by atoms with Crippen molar-refractivity contribution in [3.8, 4) is 0 Å². The summed E-state index contributed by atoms with van der Waals surface area (Å²) in [6.07, 6.45) is 1.85. The van der Waals surface area contributed by atoms with Gasteiger partial charge in [-0.15, -0.1) is 6.58 Å². The van der Waals surface area contributed by atoms with Crippen molar-refractivity contribution < 1.29 is 14.6 Å². The second kappa shape index (κ2) is 8.30. The lowest BCUT2D eigenvalue weighted by molar-refractivity contribution is -0.144. The first kappa shape index (κ1) is 16.1. The van der Waals surface area contributed by atoms with E-state index in [4.69, 9.17) is 4.74 Å². The number of hydrogen-bond acceptors (Lipinski definition) is 4. The summed E-state index contributed by atoms with van der Waals surface area (Å²) < 4.78 is 5.47. The average molecular weight is 270 g/mol. The molecule has 0 aromatic heterocycles. The third-order valence-corrected chi connectivity index (χ3v) is 3.24. The van der Waals surface area contributed by atoms with Crippen LogP contribution in [-0.2, 0) is 9.53 Å². The van der Waals surface area contributed by atoms with Gasteiger partial charge in [0.2, 0.25) is 0 Å². The van der Waals surface area contributed by atoms with Crippen molar-refractivity contribution in [1.29, 1.82) is 0 Å². The first-order chi connectivity index (χ1) is 9.04. The van der Waals surface area contributed by atoms with Crippen molar-refractivity contribution in [2.24, 2.45) is 0 Å². The molecular formula is C14H26N2O3. The molecule has 19 heavy (non-hydrogen) atoms. The number of rotatable bonds is 7. The van der Waals surface area contributed by atoms with E-state index >= 15 is 0 Å². The number of β-amino-alcohol motifs (C(OH)–C–C–N with tert-alkyl or cyclic N) is 1. The molecule has 0 spiro atoms. The van der Waals surface area contributed by atoms with E-state index in [0.29, 0.717) is 26.2 Å². The van der Waals surface area contributed by atoms with Gasteiger partial charge in [0.05, 0.1) is 12.7 Å². The zero-order valence-electron chi connectivity index (χ0n) is 12.0. The van der Waals surface area contributed by atoms with Crippen molar-refractivity contribution in [1.82, 2.24) is 9.80 Å². The van der Waals surface area contributed by atoms with E-state index in [1.54, 1.807) is 19.9 Å². The molecule has 2 atom stereocenters. The third kappa shape index (κ3) is 5.72. The highest BCUT2D eigenvalue weighted by Crippen LogP contribution is 2.07. The van der Waals surface area contributed by atoms with E-state index in [0.717, 1.165) is 19.5 Å². The zero-order valence-corrected chi connectivity index (χ0v) is 12.0. The van der Waals surface area contributed by atoms with Crippen LogP contribution >= 0.6 is 0 Å².